The molecule has 0 saturated carbocycles. The minimum Gasteiger partial charge on any atom is -0.497 e. The third-order valence-corrected chi connectivity index (χ3v) is 3.89. The maximum Gasteiger partial charge on any atom is 0.337 e. The predicted octanol–water partition coefficient (Wildman–Crippen LogP) is 2.38. The van der Waals surface area contributed by atoms with Crippen LogP contribution in [0, 0.1) is 6.92 Å². The molecule has 0 spiro atoms. The Balaban J connectivity index is 2.08. The van der Waals surface area contributed by atoms with Crippen LogP contribution in [-0.4, -0.2) is 28.7 Å². The molecule has 2 rings (SSSR count). The van der Waals surface area contributed by atoms with Gasteiger partial charge < -0.3 is 19.7 Å². The highest BCUT2D eigenvalue weighted by Gasteiger charge is 2.20. The van der Waals surface area contributed by atoms with Crippen LogP contribution in [-0.2, 0) is 24.3 Å². The number of ether oxygens (including phenoxy) is 1. The maximum atomic E-state index is 12.2. The Hall–Kier alpha value is -2.76. The van der Waals surface area contributed by atoms with Gasteiger partial charge in [0.05, 0.1) is 19.1 Å². The smallest absolute Gasteiger partial charge is 0.337 e. The van der Waals surface area contributed by atoms with E-state index < -0.39 is 5.97 Å². The summed E-state index contributed by atoms with van der Waals surface area (Å²) in [5.41, 5.74) is 2.34. The summed E-state index contributed by atoms with van der Waals surface area (Å²) in [6.07, 6.45) is 1.81. The number of nitrogens with one attached hydrogen (secondary N) is 1. The lowest BCUT2D eigenvalue weighted by atomic mass is 10.1. The summed E-state index contributed by atoms with van der Waals surface area (Å²) >= 11 is 0. The topological polar surface area (TPSA) is 80.6 Å². The molecule has 2 N–H and O–H groups in total. The van der Waals surface area contributed by atoms with Crippen molar-refractivity contribution in [2.75, 3.05) is 7.11 Å². The monoisotopic (exact) mass is 330 g/mol. The number of aryl methyl sites for hydroxylation is 2. The van der Waals surface area contributed by atoms with E-state index in [2.05, 4.69) is 5.32 Å². The number of carbonyl (C=O) groups excluding carboxylic acids is 1. The standard InChI is InChI=1S/C18H22N2O4/c1-4-20-11-12(2)17(18(22)23)15(20)9-16(21)19-10-13-6-5-7-14(8-13)24-3/h5-8,11H,4,9-10H2,1-3H3,(H,19,21)(H,22,23). The van der Waals surface area contributed by atoms with E-state index in [1.165, 1.54) is 0 Å². The lowest BCUT2D eigenvalue weighted by Gasteiger charge is -2.10. The van der Waals surface area contributed by atoms with Crippen molar-refractivity contribution in [2.45, 2.75) is 33.4 Å². The fraction of sp³-hybridized carbons (Fsp3) is 0.333. The van der Waals surface area contributed by atoms with Gasteiger partial charge in [0, 0.05) is 25.0 Å². The highest BCUT2D eigenvalue weighted by atomic mass is 16.5. The van der Waals surface area contributed by atoms with Crippen LogP contribution in [0.4, 0.5) is 0 Å². The molecule has 0 unspecified atom stereocenters. The largest absolute Gasteiger partial charge is 0.497 e. The Morgan fingerprint density at radius 2 is 2.08 bits per heavy atom. The van der Waals surface area contributed by atoms with Gasteiger partial charge >= 0.3 is 5.97 Å². The van der Waals surface area contributed by atoms with Gasteiger partial charge in [0.2, 0.25) is 5.91 Å². The first-order valence-corrected chi connectivity index (χ1v) is 7.77. The minimum atomic E-state index is -1.00. The Bertz CT molecular complexity index is 749. The molecule has 6 heteroatoms. The van der Waals surface area contributed by atoms with Crippen molar-refractivity contribution in [2.24, 2.45) is 0 Å². The molecule has 0 saturated heterocycles. The Morgan fingerprint density at radius 1 is 1.33 bits per heavy atom. The zero-order chi connectivity index (χ0) is 17.7. The number of aromatic carboxylic acids is 1. The molecular weight excluding hydrogens is 308 g/mol. The molecule has 24 heavy (non-hydrogen) atoms. The average molecular weight is 330 g/mol. The van der Waals surface area contributed by atoms with Crippen molar-refractivity contribution in [1.82, 2.24) is 9.88 Å². The summed E-state index contributed by atoms with van der Waals surface area (Å²) in [6, 6.07) is 7.43. The van der Waals surface area contributed by atoms with E-state index in [9.17, 15) is 14.7 Å². The van der Waals surface area contributed by atoms with Crippen molar-refractivity contribution in [3.8, 4) is 5.75 Å². The van der Waals surface area contributed by atoms with Crippen LogP contribution in [0.2, 0.25) is 0 Å². The number of rotatable bonds is 7. The number of benzene rings is 1. The predicted molar refractivity (Wildman–Crippen MR) is 90.3 cm³/mol. The number of hydrogen-bond acceptors (Lipinski definition) is 3. The van der Waals surface area contributed by atoms with Gasteiger partial charge in [-0.3, -0.25) is 4.79 Å². The van der Waals surface area contributed by atoms with Crippen LogP contribution in [0.15, 0.2) is 30.5 Å². The van der Waals surface area contributed by atoms with Gasteiger partial charge in [0.1, 0.15) is 5.75 Å². The molecule has 128 valence electrons. The lowest BCUT2D eigenvalue weighted by molar-refractivity contribution is -0.120. The molecule has 0 aliphatic rings. The zero-order valence-electron chi connectivity index (χ0n) is 14.1. The molecule has 0 bridgehead atoms. The number of carboxylic acid groups (broad SMARTS) is 1. The third kappa shape index (κ3) is 3.95. The molecule has 1 amide bonds. The van der Waals surface area contributed by atoms with E-state index in [4.69, 9.17) is 4.74 Å². The molecule has 1 heterocycles. The quantitative estimate of drug-likeness (QED) is 0.817. The normalized spacial score (nSPS) is 10.5. The van der Waals surface area contributed by atoms with Crippen molar-refractivity contribution < 1.29 is 19.4 Å². The summed E-state index contributed by atoms with van der Waals surface area (Å²) in [7, 11) is 1.59. The zero-order valence-corrected chi connectivity index (χ0v) is 14.1. The third-order valence-electron chi connectivity index (χ3n) is 3.89. The number of nitrogens with zero attached hydrogens (tertiary/aromatic N) is 1. The highest BCUT2D eigenvalue weighted by Crippen LogP contribution is 2.18. The first kappa shape index (κ1) is 17.6. The van der Waals surface area contributed by atoms with Crippen molar-refractivity contribution in [3.05, 3.63) is 52.8 Å². The van der Waals surface area contributed by atoms with E-state index in [1.54, 1.807) is 20.2 Å². The van der Waals surface area contributed by atoms with Gasteiger partial charge in [-0.15, -0.1) is 0 Å². The number of methoxy groups -OCH3 is 1. The van der Waals surface area contributed by atoms with Crippen LogP contribution in [0.5, 0.6) is 5.75 Å². The number of aromatic nitrogens is 1. The highest BCUT2D eigenvalue weighted by molar-refractivity contribution is 5.93. The number of carboxylic acids is 1. The maximum absolute atomic E-state index is 12.2. The Labute approximate surface area is 141 Å². The van der Waals surface area contributed by atoms with Crippen molar-refractivity contribution >= 4 is 11.9 Å². The van der Waals surface area contributed by atoms with E-state index in [-0.39, 0.29) is 17.9 Å². The molecule has 0 radical (unpaired) electrons. The van der Waals surface area contributed by atoms with E-state index in [0.717, 1.165) is 11.3 Å². The molecule has 6 nitrogen and oxygen atoms in total. The lowest BCUT2D eigenvalue weighted by Crippen LogP contribution is -2.26. The molecule has 1 aromatic carbocycles. The summed E-state index contributed by atoms with van der Waals surface area (Å²) in [5, 5.41) is 12.2. The summed E-state index contributed by atoms with van der Waals surface area (Å²) in [5.74, 6) is -0.492. The van der Waals surface area contributed by atoms with Crippen LogP contribution >= 0.6 is 0 Å². The van der Waals surface area contributed by atoms with E-state index >= 15 is 0 Å². The summed E-state index contributed by atoms with van der Waals surface area (Å²) in [4.78, 5) is 23.7. The van der Waals surface area contributed by atoms with Crippen LogP contribution in [0.3, 0.4) is 0 Å². The molecular formula is C18H22N2O4. The molecule has 1 aromatic heterocycles. The van der Waals surface area contributed by atoms with Crippen molar-refractivity contribution in [3.63, 3.8) is 0 Å². The molecule has 0 fully saturated rings. The van der Waals surface area contributed by atoms with Crippen LogP contribution < -0.4 is 10.1 Å². The van der Waals surface area contributed by atoms with Gasteiger partial charge in [-0.25, -0.2) is 4.79 Å². The second kappa shape index (κ2) is 7.68. The molecule has 0 aliphatic carbocycles. The number of carbonyl (C=O) groups is 2. The second-order valence-electron chi connectivity index (χ2n) is 5.53. The Morgan fingerprint density at radius 3 is 2.71 bits per heavy atom. The first-order valence-electron chi connectivity index (χ1n) is 7.77. The fourth-order valence-corrected chi connectivity index (χ4v) is 2.71. The minimum absolute atomic E-state index is 0.0350. The molecule has 2 aromatic rings. The number of hydrogen-bond donors (Lipinski definition) is 2. The van der Waals surface area contributed by atoms with E-state index in [1.807, 2.05) is 35.8 Å². The van der Waals surface area contributed by atoms with Gasteiger partial charge in [-0.05, 0) is 37.1 Å². The second-order valence-corrected chi connectivity index (χ2v) is 5.53. The Kier molecular flexibility index (Phi) is 5.63. The van der Waals surface area contributed by atoms with Gasteiger partial charge in [-0.1, -0.05) is 12.1 Å². The summed E-state index contributed by atoms with van der Waals surface area (Å²) in [6.45, 7) is 4.65. The van der Waals surface area contributed by atoms with Gasteiger partial charge in [0.15, 0.2) is 0 Å². The molecule has 0 aliphatic heterocycles. The van der Waals surface area contributed by atoms with Gasteiger partial charge in [-0.2, -0.15) is 0 Å². The first-order chi connectivity index (χ1) is 11.5. The van der Waals surface area contributed by atoms with Crippen LogP contribution in [0.25, 0.3) is 0 Å². The van der Waals surface area contributed by atoms with Crippen molar-refractivity contribution in [1.29, 1.82) is 0 Å². The average Bonchev–Trinajstić information content (AvgIpc) is 2.88. The van der Waals surface area contributed by atoms with Crippen LogP contribution in [0.1, 0.15) is 34.1 Å². The van der Waals surface area contributed by atoms with E-state index in [0.29, 0.717) is 24.3 Å². The number of amides is 1. The molecule has 0 atom stereocenters. The summed E-state index contributed by atoms with van der Waals surface area (Å²) < 4.78 is 6.96. The SMILES string of the molecule is CCn1cc(C)c(C(=O)O)c1CC(=O)NCc1cccc(OC)c1. The van der Waals surface area contributed by atoms with Gasteiger partial charge in [0.25, 0.3) is 0 Å². The fourth-order valence-electron chi connectivity index (χ4n) is 2.71.